The summed E-state index contributed by atoms with van der Waals surface area (Å²) in [7, 11) is 0. The molecule has 5 heteroatoms. The first-order chi connectivity index (χ1) is 10.8. The van der Waals surface area contributed by atoms with Crippen LogP contribution in [0.4, 0.5) is 0 Å². The summed E-state index contributed by atoms with van der Waals surface area (Å²) in [6.45, 7) is 9.26. The lowest BCUT2D eigenvalue weighted by Gasteiger charge is -2.34. The zero-order valence-electron chi connectivity index (χ0n) is 14.8. The van der Waals surface area contributed by atoms with Crippen LogP contribution in [-0.4, -0.2) is 49.7 Å². The van der Waals surface area contributed by atoms with E-state index >= 15 is 0 Å². The Morgan fingerprint density at radius 3 is 2.17 bits per heavy atom. The summed E-state index contributed by atoms with van der Waals surface area (Å²) in [4.78, 5) is 7.46. The zero-order chi connectivity index (χ0) is 15.4. The van der Waals surface area contributed by atoms with Crippen LogP contribution in [0.3, 0.4) is 0 Å². The van der Waals surface area contributed by atoms with E-state index in [4.69, 9.17) is 9.73 Å². The number of nitrogens with zero attached hydrogens (tertiary/aromatic N) is 2. The Kier molecular flexibility index (Phi) is 7.92. The molecule has 1 aliphatic heterocycles. The van der Waals surface area contributed by atoms with E-state index in [9.17, 15) is 0 Å². The van der Waals surface area contributed by atoms with Crippen LogP contribution in [0.1, 0.15) is 52.4 Å². The molecule has 2 aliphatic carbocycles. The third kappa shape index (κ3) is 5.76. The monoisotopic (exact) mass is 435 g/mol. The number of aliphatic imine (C=N–C) groups is 1. The average Bonchev–Trinajstić information content (AvgIpc) is 3.41. The van der Waals surface area contributed by atoms with Crippen molar-refractivity contribution < 1.29 is 4.74 Å². The molecule has 1 saturated heterocycles. The van der Waals surface area contributed by atoms with Crippen molar-refractivity contribution in [2.45, 2.75) is 58.5 Å². The zero-order valence-corrected chi connectivity index (χ0v) is 17.1. The van der Waals surface area contributed by atoms with Crippen molar-refractivity contribution in [3.05, 3.63) is 0 Å². The average molecular weight is 435 g/mol. The Bertz CT molecular complexity index is 362. The Labute approximate surface area is 158 Å². The van der Waals surface area contributed by atoms with Gasteiger partial charge in [-0.2, -0.15) is 0 Å². The number of hydrogen-bond acceptors (Lipinski definition) is 2. The molecule has 0 aromatic carbocycles. The fourth-order valence-electron chi connectivity index (χ4n) is 3.82. The number of piperidine rings is 1. The molecular formula is C18H34IN3O. The number of halogens is 1. The Morgan fingerprint density at radius 1 is 1.09 bits per heavy atom. The van der Waals surface area contributed by atoms with E-state index in [1.807, 2.05) is 0 Å². The number of guanidine groups is 1. The van der Waals surface area contributed by atoms with Crippen molar-refractivity contribution in [2.24, 2.45) is 22.7 Å². The fourth-order valence-corrected chi connectivity index (χ4v) is 3.82. The lowest BCUT2D eigenvalue weighted by atomic mass is 9.98. The maximum atomic E-state index is 5.76. The van der Waals surface area contributed by atoms with Crippen LogP contribution in [0, 0.1) is 17.8 Å². The molecule has 1 heterocycles. The van der Waals surface area contributed by atoms with Gasteiger partial charge in [-0.1, -0.05) is 0 Å². The second-order valence-corrected chi connectivity index (χ2v) is 7.18. The standard InChI is InChI=1S/C18H33N3O.HI/c1-3-19-18(21-11-9-16(10-12-21)22-4-2)20-13-17(14-5-6-14)15-7-8-15;/h14-17H,3-13H2,1-2H3,(H,19,20);1H. The van der Waals surface area contributed by atoms with Gasteiger partial charge in [-0.3, -0.25) is 4.99 Å². The molecule has 3 fully saturated rings. The second kappa shape index (κ2) is 9.44. The molecule has 0 aromatic heterocycles. The van der Waals surface area contributed by atoms with Crippen LogP contribution in [0.2, 0.25) is 0 Å². The Hall–Kier alpha value is -0.0400. The number of hydrogen-bond donors (Lipinski definition) is 1. The van der Waals surface area contributed by atoms with Gasteiger partial charge in [0, 0.05) is 32.8 Å². The van der Waals surface area contributed by atoms with Crippen LogP contribution < -0.4 is 5.32 Å². The first kappa shape index (κ1) is 19.3. The maximum Gasteiger partial charge on any atom is 0.193 e. The fraction of sp³-hybridized carbons (Fsp3) is 0.944. The highest BCUT2D eigenvalue weighted by Gasteiger charge is 2.41. The number of ether oxygens (including phenoxy) is 1. The first-order valence-corrected chi connectivity index (χ1v) is 9.46. The molecule has 23 heavy (non-hydrogen) atoms. The Morgan fingerprint density at radius 2 is 1.70 bits per heavy atom. The molecule has 4 nitrogen and oxygen atoms in total. The van der Waals surface area contributed by atoms with Gasteiger partial charge >= 0.3 is 0 Å². The van der Waals surface area contributed by atoms with Gasteiger partial charge in [0.2, 0.25) is 0 Å². The van der Waals surface area contributed by atoms with Gasteiger partial charge in [-0.15, -0.1) is 24.0 Å². The van der Waals surface area contributed by atoms with Gasteiger partial charge in [0.15, 0.2) is 5.96 Å². The maximum absolute atomic E-state index is 5.76. The minimum Gasteiger partial charge on any atom is -0.378 e. The van der Waals surface area contributed by atoms with E-state index in [1.165, 1.54) is 25.7 Å². The minimum atomic E-state index is 0. The van der Waals surface area contributed by atoms with Crippen molar-refractivity contribution in [3.63, 3.8) is 0 Å². The lowest BCUT2D eigenvalue weighted by molar-refractivity contribution is 0.0263. The summed E-state index contributed by atoms with van der Waals surface area (Å²) in [6, 6.07) is 0. The van der Waals surface area contributed by atoms with E-state index in [2.05, 4.69) is 24.1 Å². The predicted octanol–water partition coefficient (Wildman–Crippen LogP) is 3.51. The largest absolute Gasteiger partial charge is 0.378 e. The second-order valence-electron chi connectivity index (χ2n) is 7.18. The van der Waals surface area contributed by atoms with Crippen LogP contribution in [-0.2, 0) is 4.74 Å². The van der Waals surface area contributed by atoms with Crippen LogP contribution in [0.15, 0.2) is 4.99 Å². The van der Waals surface area contributed by atoms with Gasteiger partial charge in [0.05, 0.1) is 6.10 Å². The molecule has 0 spiro atoms. The molecule has 3 rings (SSSR count). The highest BCUT2D eigenvalue weighted by atomic mass is 127. The molecule has 1 N–H and O–H groups in total. The van der Waals surface area contributed by atoms with Gasteiger partial charge in [-0.25, -0.2) is 0 Å². The molecule has 0 amide bonds. The van der Waals surface area contributed by atoms with Gasteiger partial charge in [0.25, 0.3) is 0 Å². The topological polar surface area (TPSA) is 36.9 Å². The number of rotatable bonds is 7. The lowest BCUT2D eigenvalue weighted by Crippen LogP contribution is -2.47. The van der Waals surface area contributed by atoms with Crippen molar-refractivity contribution in [2.75, 3.05) is 32.8 Å². The molecule has 0 radical (unpaired) electrons. The van der Waals surface area contributed by atoms with Crippen molar-refractivity contribution in [1.82, 2.24) is 10.2 Å². The van der Waals surface area contributed by atoms with Crippen molar-refractivity contribution in [3.8, 4) is 0 Å². The third-order valence-corrected chi connectivity index (χ3v) is 5.39. The summed E-state index contributed by atoms with van der Waals surface area (Å²) >= 11 is 0. The molecule has 0 aromatic rings. The SMILES string of the molecule is CCNC(=NCC(C1CC1)C1CC1)N1CCC(OCC)CC1.I. The highest BCUT2D eigenvalue weighted by Crippen LogP contribution is 2.49. The minimum absolute atomic E-state index is 0. The van der Waals surface area contributed by atoms with E-state index in [0.29, 0.717) is 6.10 Å². The van der Waals surface area contributed by atoms with Gasteiger partial charge in [0.1, 0.15) is 0 Å². The van der Waals surface area contributed by atoms with E-state index < -0.39 is 0 Å². The Balaban J connectivity index is 0.00000192. The van der Waals surface area contributed by atoms with E-state index in [1.54, 1.807) is 0 Å². The molecule has 2 saturated carbocycles. The van der Waals surface area contributed by atoms with Crippen LogP contribution >= 0.6 is 24.0 Å². The van der Waals surface area contributed by atoms with Crippen molar-refractivity contribution in [1.29, 1.82) is 0 Å². The highest BCUT2D eigenvalue weighted by molar-refractivity contribution is 14.0. The summed E-state index contributed by atoms with van der Waals surface area (Å²) in [5.41, 5.74) is 0. The third-order valence-electron chi connectivity index (χ3n) is 5.39. The normalized spacial score (nSPS) is 23.1. The van der Waals surface area contributed by atoms with Crippen LogP contribution in [0.25, 0.3) is 0 Å². The van der Waals surface area contributed by atoms with E-state index in [0.717, 1.165) is 69.3 Å². The van der Waals surface area contributed by atoms with Crippen LogP contribution in [0.5, 0.6) is 0 Å². The molecule has 0 atom stereocenters. The number of likely N-dealkylation sites (tertiary alicyclic amines) is 1. The number of nitrogens with one attached hydrogen (secondary N) is 1. The predicted molar refractivity (Wildman–Crippen MR) is 107 cm³/mol. The molecular weight excluding hydrogens is 401 g/mol. The summed E-state index contributed by atoms with van der Waals surface area (Å²) in [5, 5.41) is 3.51. The smallest absolute Gasteiger partial charge is 0.193 e. The summed E-state index contributed by atoms with van der Waals surface area (Å²) < 4.78 is 5.76. The summed E-state index contributed by atoms with van der Waals surface area (Å²) in [6.07, 6.45) is 8.52. The van der Waals surface area contributed by atoms with E-state index in [-0.39, 0.29) is 24.0 Å². The van der Waals surface area contributed by atoms with Crippen molar-refractivity contribution >= 4 is 29.9 Å². The summed E-state index contributed by atoms with van der Waals surface area (Å²) in [5.74, 6) is 3.99. The first-order valence-electron chi connectivity index (χ1n) is 9.46. The molecule has 3 aliphatic rings. The molecule has 134 valence electrons. The van der Waals surface area contributed by atoms with Gasteiger partial charge < -0.3 is 15.0 Å². The van der Waals surface area contributed by atoms with Gasteiger partial charge in [-0.05, 0) is 70.1 Å². The molecule has 0 bridgehead atoms. The quantitative estimate of drug-likeness (QED) is 0.378. The molecule has 0 unspecified atom stereocenters.